The summed E-state index contributed by atoms with van der Waals surface area (Å²) in [4.78, 5) is 13.1. The monoisotopic (exact) mass is 275 g/mol. The van der Waals surface area contributed by atoms with Gasteiger partial charge in [-0.2, -0.15) is 0 Å². The number of carbonyl (C=O) groups is 1. The van der Waals surface area contributed by atoms with Crippen LogP contribution in [0.1, 0.15) is 12.5 Å². The van der Waals surface area contributed by atoms with E-state index in [-0.39, 0.29) is 12.5 Å². The number of likely N-dealkylation sites (N-methyl/N-ethyl adjacent to an activating group) is 1. The molecule has 0 aliphatic heterocycles. The zero-order valence-electron chi connectivity index (χ0n) is 9.87. The van der Waals surface area contributed by atoms with Crippen LogP contribution in [0.5, 0.6) is 0 Å². The topological polar surface area (TPSA) is 29.5 Å². The van der Waals surface area contributed by atoms with Gasteiger partial charge in [-0.25, -0.2) is 0 Å². The molecule has 0 aliphatic rings. The fraction of sp³-hybridized carbons (Fsp3) is 0.417. The summed E-state index contributed by atoms with van der Waals surface area (Å²) in [6, 6.07) is 5.43. The first kappa shape index (κ1) is 14.3. The smallest absolute Gasteiger partial charge is 0.320 e. The highest BCUT2D eigenvalue weighted by molar-refractivity contribution is 6.42. The predicted molar refractivity (Wildman–Crippen MR) is 69.4 cm³/mol. The molecule has 0 spiro atoms. The molecule has 0 amide bonds. The molecule has 0 N–H and O–H groups in total. The summed E-state index contributed by atoms with van der Waals surface area (Å²) >= 11 is 11.7. The molecular formula is C12H15Cl2NO2. The fourth-order valence-corrected chi connectivity index (χ4v) is 1.75. The van der Waals surface area contributed by atoms with Crippen molar-refractivity contribution >= 4 is 29.2 Å². The Labute approximate surface area is 111 Å². The van der Waals surface area contributed by atoms with Crippen molar-refractivity contribution in [1.29, 1.82) is 0 Å². The number of halogens is 2. The van der Waals surface area contributed by atoms with Crippen molar-refractivity contribution in [3.8, 4) is 0 Å². The summed E-state index contributed by atoms with van der Waals surface area (Å²) in [5.74, 6) is -0.227. The van der Waals surface area contributed by atoms with Crippen molar-refractivity contribution in [1.82, 2.24) is 4.90 Å². The minimum absolute atomic E-state index is 0.227. The van der Waals surface area contributed by atoms with E-state index in [4.69, 9.17) is 27.9 Å². The quantitative estimate of drug-likeness (QED) is 0.774. The van der Waals surface area contributed by atoms with E-state index in [1.165, 1.54) is 0 Å². The zero-order chi connectivity index (χ0) is 12.8. The Bertz CT molecular complexity index is 396. The Hall–Kier alpha value is -0.770. The number of benzene rings is 1. The summed E-state index contributed by atoms with van der Waals surface area (Å²) in [5, 5.41) is 1.05. The number of ether oxygens (including phenoxy) is 1. The lowest BCUT2D eigenvalue weighted by molar-refractivity contribution is -0.144. The van der Waals surface area contributed by atoms with Gasteiger partial charge in [0.15, 0.2) is 0 Å². The van der Waals surface area contributed by atoms with Gasteiger partial charge in [-0.3, -0.25) is 9.69 Å². The summed E-state index contributed by atoms with van der Waals surface area (Å²) < 4.78 is 4.87. The number of hydrogen-bond donors (Lipinski definition) is 0. The van der Waals surface area contributed by atoms with E-state index in [1.807, 2.05) is 18.0 Å². The normalized spacial score (nSPS) is 10.6. The molecule has 1 aromatic carbocycles. The van der Waals surface area contributed by atoms with Crippen molar-refractivity contribution in [3.63, 3.8) is 0 Å². The third kappa shape index (κ3) is 4.94. The SMILES string of the molecule is CCOC(=O)CN(C)Cc1ccc(Cl)c(Cl)c1. The van der Waals surface area contributed by atoms with Crippen LogP contribution >= 0.6 is 23.2 Å². The maximum Gasteiger partial charge on any atom is 0.320 e. The standard InChI is InChI=1S/C12H15Cl2NO2/c1-3-17-12(16)8-15(2)7-9-4-5-10(13)11(14)6-9/h4-6H,3,7-8H2,1-2H3. The third-order valence-electron chi connectivity index (χ3n) is 2.14. The first-order valence-electron chi connectivity index (χ1n) is 5.31. The molecule has 0 heterocycles. The molecule has 0 unspecified atom stereocenters. The number of carbonyl (C=O) groups excluding carboxylic acids is 1. The molecule has 0 atom stereocenters. The average Bonchev–Trinajstić information content (AvgIpc) is 2.23. The first-order chi connectivity index (χ1) is 8.02. The zero-order valence-corrected chi connectivity index (χ0v) is 11.4. The number of esters is 1. The summed E-state index contributed by atoms with van der Waals surface area (Å²) in [6.07, 6.45) is 0. The minimum atomic E-state index is -0.227. The lowest BCUT2D eigenvalue weighted by Crippen LogP contribution is -2.26. The van der Waals surface area contributed by atoms with Crippen LogP contribution in [0.2, 0.25) is 10.0 Å². The Morgan fingerprint density at radius 3 is 2.65 bits per heavy atom. The van der Waals surface area contributed by atoms with Gasteiger partial charge in [-0.1, -0.05) is 29.3 Å². The molecule has 1 aromatic rings. The van der Waals surface area contributed by atoms with E-state index in [0.717, 1.165) is 5.56 Å². The van der Waals surface area contributed by atoms with Gasteiger partial charge in [0.25, 0.3) is 0 Å². The van der Waals surface area contributed by atoms with Crippen LogP contribution in [0.3, 0.4) is 0 Å². The minimum Gasteiger partial charge on any atom is -0.465 e. The summed E-state index contributed by atoms with van der Waals surface area (Å²) in [7, 11) is 1.85. The van der Waals surface area contributed by atoms with Gasteiger partial charge in [-0.05, 0) is 31.7 Å². The van der Waals surface area contributed by atoms with Crippen LogP contribution in [-0.4, -0.2) is 31.1 Å². The number of rotatable bonds is 5. The van der Waals surface area contributed by atoms with Gasteiger partial charge >= 0.3 is 5.97 Å². The van der Waals surface area contributed by atoms with E-state index < -0.39 is 0 Å². The molecule has 0 saturated heterocycles. The maximum absolute atomic E-state index is 11.3. The molecule has 5 heteroatoms. The maximum atomic E-state index is 11.3. The highest BCUT2D eigenvalue weighted by atomic mass is 35.5. The molecule has 1 rings (SSSR count). The molecule has 3 nitrogen and oxygen atoms in total. The second-order valence-electron chi connectivity index (χ2n) is 3.73. The second kappa shape index (κ2) is 6.84. The molecule has 0 fully saturated rings. The number of hydrogen-bond acceptors (Lipinski definition) is 3. The highest BCUT2D eigenvalue weighted by Crippen LogP contribution is 2.22. The predicted octanol–water partition coefficient (Wildman–Crippen LogP) is 2.99. The van der Waals surface area contributed by atoms with Crippen LogP contribution in [-0.2, 0) is 16.1 Å². The lowest BCUT2D eigenvalue weighted by Gasteiger charge is -2.15. The number of nitrogens with zero attached hydrogens (tertiary/aromatic N) is 1. The van der Waals surface area contributed by atoms with Crippen molar-refractivity contribution in [3.05, 3.63) is 33.8 Å². The Kier molecular flexibility index (Phi) is 5.75. The largest absolute Gasteiger partial charge is 0.465 e. The van der Waals surface area contributed by atoms with Gasteiger partial charge in [0, 0.05) is 6.54 Å². The van der Waals surface area contributed by atoms with Crippen LogP contribution in [0, 0.1) is 0 Å². The molecule has 0 saturated carbocycles. The molecule has 94 valence electrons. The molecule has 0 aliphatic carbocycles. The molecular weight excluding hydrogens is 261 g/mol. The first-order valence-corrected chi connectivity index (χ1v) is 6.06. The summed E-state index contributed by atoms with van der Waals surface area (Å²) in [5.41, 5.74) is 1.01. The highest BCUT2D eigenvalue weighted by Gasteiger charge is 2.08. The second-order valence-corrected chi connectivity index (χ2v) is 4.54. The van der Waals surface area contributed by atoms with Crippen molar-refractivity contribution in [2.45, 2.75) is 13.5 Å². The van der Waals surface area contributed by atoms with E-state index in [2.05, 4.69) is 0 Å². The van der Waals surface area contributed by atoms with Gasteiger partial charge in [0.05, 0.1) is 23.2 Å². The van der Waals surface area contributed by atoms with Gasteiger partial charge in [0.1, 0.15) is 0 Å². The van der Waals surface area contributed by atoms with Crippen LogP contribution in [0.25, 0.3) is 0 Å². The van der Waals surface area contributed by atoms with E-state index in [1.54, 1.807) is 19.1 Å². The van der Waals surface area contributed by atoms with Gasteiger partial charge in [0.2, 0.25) is 0 Å². The van der Waals surface area contributed by atoms with Crippen molar-refractivity contribution < 1.29 is 9.53 Å². The average molecular weight is 276 g/mol. The van der Waals surface area contributed by atoms with Gasteiger partial charge in [-0.15, -0.1) is 0 Å². The van der Waals surface area contributed by atoms with E-state index in [0.29, 0.717) is 23.2 Å². The lowest BCUT2D eigenvalue weighted by atomic mass is 10.2. The van der Waals surface area contributed by atoms with Crippen molar-refractivity contribution in [2.75, 3.05) is 20.2 Å². The van der Waals surface area contributed by atoms with Crippen LogP contribution < -0.4 is 0 Å². The summed E-state index contributed by atoms with van der Waals surface area (Å²) in [6.45, 7) is 3.07. The van der Waals surface area contributed by atoms with Gasteiger partial charge < -0.3 is 4.74 Å². The van der Waals surface area contributed by atoms with Crippen LogP contribution in [0.15, 0.2) is 18.2 Å². The third-order valence-corrected chi connectivity index (χ3v) is 2.88. The molecule has 0 radical (unpaired) electrons. The van der Waals surface area contributed by atoms with Crippen LogP contribution in [0.4, 0.5) is 0 Å². The van der Waals surface area contributed by atoms with Crippen molar-refractivity contribution in [2.24, 2.45) is 0 Å². The molecule has 0 aromatic heterocycles. The molecule has 17 heavy (non-hydrogen) atoms. The Morgan fingerprint density at radius 2 is 2.06 bits per heavy atom. The Balaban J connectivity index is 2.53. The Morgan fingerprint density at radius 1 is 1.35 bits per heavy atom. The van der Waals surface area contributed by atoms with E-state index in [9.17, 15) is 4.79 Å². The fourth-order valence-electron chi connectivity index (χ4n) is 1.43. The molecule has 0 bridgehead atoms. The van der Waals surface area contributed by atoms with E-state index >= 15 is 0 Å².